The minimum absolute atomic E-state index is 0.620. The van der Waals surface area contributed by atoms with E-state index in [1.165, 1.54) is 0 Å². The summed E-state index contributed by atoms with van der Waals surface area (Å²) in [6, 6.07) is 44.8. The fraction of sp³-hybridized carbons (Fsp3) is 0. The fourth-order valence-electron chi connectivity index (χ4n) is 4.81. The predicted molar refractivity (Wildman–Crippen MR) is 156 cm³/mol. The molecular formula is C34H23N5. The Hall–Kier alpha value is -5.42. The maximum atomic E-state index is 5.03. The van der Waals surface area contributed by atoms with Crippen molar-refractivity contribution >= 4 is 5.65 Å². The van der Waals surface area contributed by atoms with Crippen molar-refractivity contribution in [1.29, 1.82) is 0 Å². The molecule has 0 aliphatic heterocycles. The van der Waals surface area contributed by atoms with Crippen molar-refractivity contribution in [3.8, 4) is 56.7 Å². The Kier molecular flexibility index (Phi) is 5.72. The predicted octanol–water partition coefficient (Wildman–Crippen LogP) is 7.85. The molecule has 5 heteroatoms. The average Bonchev–Trinajstić information content (AvgIpc) is 3.42. The van der Waals surface area contributed by atoms with Crippen LogP contribution in [0.25, 0.3) is 62.3 Å². The minimum atomic E-state index is 0.620. The smallest absolute Gasteiger partial charge is 0.164 e. The molecule has 7 rings (SSSR count). The van der Waals surface area contributed by atoms with Gasteiger partial charge in [0.15, 0.2) is 17.5 Å². The Morgan fingerprint density at radius 2 is 0.872 bits per heavy atom. The highest BCUT2D eigenvalue weighted by atomic mass is 15.0. The van der Waals surface area contributed by atoms with Crippen LogP contribution in [0.5, 0.6) is 0 Å². The second kappa shape index (κ2) is 9.80. The van der Waals surface area contributed by atoms with Gasteiger partial charge in [0.05, 0.1) is 11.4 Å². The largest absolute Gasteiger partial charge is 0.299 e. The summed E-state index contributed by atoms with van der Waals surface area (Å²) in [6.45, 7) is 0. The van der Waals surface area contributed by atoms with E-state index in [0.29, 0.717) is 17.5 Å². The van der Waals surface area contributed by atoms with Crippen molar-refractivity contribution in [2.45, 2.75) is 0 Å². The Bertz CT molecular complexity index is 1840. The maximum Gasteiger partial charge on any atom is 0.164 e. The topological polar surface area (TPSA) is 56.0 Å². The van der Waals surface area contributed by atoms with Crippen LogP contribution in [0, 0.1) is 0 Å². The van der Waals surface area contributed by atoms with E-state index in [2.05, 4.69) is 47.0 Å². The summed E-state index contributed by atoms with van der Waals surface area (Å²) >= 11 is 0. The highest BCUT2D eigenvalue weighted by Gasteiger charge is 2.17. The Morgan fingerprint density at radius 3 is 1.49 bits per heavy atom. The van der Waals surface area contributed by atoms with Crippen molar-refractivity contribution in [2.75, 3.05) is 0 Å². The van der Waals surface area contributed by atoms with Crippen molar-refractivity contribution < 1.29 is 0 Å². The van der Waals surface area contributed by atoms with Gasteiger partial charge in [-0.2, -0.15) is 0 Å². The fourth-order valence-corrected chi connectivity index (χ4v) is 4.81. The van der Waals surface area contributed by atoms with Crippen molar-refractivity contribution in [3.05, 3.63) is 140 Å². The number of rotatable bonds is 5. The Labute approximate surface area is 226 Å². The van der Waals surface area contributed by atoms with Crippen LogP contribution < -0.4 is 0 Å². The van der Waals surface area contributed by atoms with Crippen LogP contribution in [0.2, 0.25) is 0 Å². The molecule has 184 valence electrons. The standard InChI is InChI=1S/C34H23N5/c1-4-13-24(14-5-1)31-30(35-29-21-10-11-22-39(29)31)27-19-12-20-28(23-27)34-37-32(25-15-6-2-7-16-25)36-33(38-34)26-17-8-3-9-18-26/h1-23H. The molecule has 0 atom stereocenters. The molecule has 0 spiro atoms. The first-order valence-corrected chi connectivity index (χ1v) is 12.8. The Balaban J connectivity index is 1.41. The summed E-state index contributed by atoms with van der Waals surface area (Å²) in [5.41, 5.74) is 7.76. The van der Waals surface area contributed by atoms with Crippen molar-refractivity contribution in [3.63, 3.8) is 0 Å². The lowest BCUT2D eigenvalue weighted by Crippen LogP contribution is -2.00. The summed E-state index contributed by atoms with van der Waals surface area (Å²) < 4.78 is 2.14. The van der Waals surface area contributed by atoms with Gasteiger partial charge >= 0.3 is 0 Å². The van der Waals surface area contributed by atoms with Gasteiger partial charge in [-0.3, -0.25) is 4.40 Å². The van der Waals surface area contributed by atoms with Gasteiger partial charge in [0.1, 0.15) is 5.65 Å². The van der Waals surface area contributed by atoms with Gasteiger partial charge in [0.25, 0.3) is 0 Å². The number of nitrogens with zero attached hydrogens (tertiary/aromatic N) is 5. The zero-order valence-electron chi connectivity index (χ0n) is 21.0. The third kappa shape index (κ3) is 4.36. The molecule has 0 amide bonds. The molecule has 0 N–H and O–H groups in total. The minimum Gasteiger partial charge on any atom is -0.299 e. The van der Waals surface area contributed by atoms with E-state index in [1.807, 2.05) is 97.1 Å². The molecule has 39 heavy (non-hydrogen) atoms. The van der Waals surface area contributed by atoms with Gasteiger partial charge in [0.2, 0.25) is 0 Å². The molecule has 0 saturated heterocycles. The molecular weight excluding hydrogens is 478 g/mol. The van der Waals surface area contributed by atoms with Gasteiger partial charge < -0.3 is 0 Å². The number of hydrogen-bond acceptors (Lipinski definition) is 4. The average molecular weight is 502 g/mol. The lowest BCUT2D eigenvalue weighted by molar-refractivity contribution is 1.07. The molecule has 0 fully saturated rings. The second-order valence-electron chi connectivity index (χ2n) is 9.22. The van der Waals surface area contributed by atoms with E-state index in [-0.39, 0.29) is 0 Å². The molecule has 3 heterocycles. The third-order valence-electron chi connectivity index (χ3n) is 6.67. The highest BCUT2D eigenvalue weighted by Crippen LogP contribution is 2.34. The number of hydrogen-bond donors (Lipinski definition) is 0. The number of aromatic nitrogens is 5. The highest BCUT2D eigenvalue weighted by molar-refractivity contribution is 5.83. The lowest BCUT2D eigenvalue weighted by atomic mass is 10.0. The first kappa shape index (κ1) is 22.8. The first-order chi connectivity index (χ1) is 19.3. The SMILES string of the molecule is c1ccc(-c2nc(-c3ccccc3)nc(-c3cccc(-c4nc5ccccn5c4-c4ccccc4)c3)n2)cc1. The van der Waals surface area contributed by atoms with Gasteiger partial charge in [-0.1, -0.05) is 115 Å². The number of pyridine rings is 1. The lowest BCUT2D eigenvalue weighted by Gasteiger charge is -2.10. The normalized spacial score (nSPS) is 11.1. The molecule has 7 aromatic rings. The molecule has 0 radical (unpaired) electrons. The quantitative estimate of drug-likeness (QED) is 0.241. The molecule has 0 aliphatic carbocycles. The molecule has 0 unspecified atom stereocenters. The second-order valence-corrected chi connectivity index (χ2v) is 9.22. The zero-order valence-corrected chi connectivity index (χ0v) is 21.0. The number of benzene rings is 4. The molecule has 0 aliphatic rings. The molecule has 0 saturated carbocycles. The summed E-state index contributed by atoms with van der Waals surface area (Å²) in [4.78, 5) is 19.7. The van der Waals surface area contributed by atoms with Crippen molar-refractivity contribution in [1.82, 2.24) is 24.3 Å². The van der Waals surface area contributed by atoms with Crippen LogP contribution in [-0.2, 0) is 0 Å². The van der Waals surface area contributed by atoms with Crippen LogP contribution >= 0.6 is 0 Å². The summed E-state index contributed by atoms with van der Waals surface area (Å²) in [5.74, 6) is 1.90. The molecule has 5 nitrogen and oxygen atoms in total. The van der Waals surface area contributed by atoms with Crippen LogP contribution in [0.3, 0.4) is 0 Å². The van der Waals surface area contributed by atoms with Gasteiger partial charge in [-0.25, -0.2) is 19.9 Å². The van der Waals surface area contributed by atoms with E-state index in [1.54, 1.807) is 0 Å². The summed E-state index contributed by atoms with van der Waals surface area (Å²) in [5, 5.41) is 0. The van der Waals surface area contributed by atoms with Crippen LogP contribution in [0.4, 0.5) is 0 Å². The van der Waals surface area contributed by atoms with Crippen molar-refractivity contribution in [2.24, 2.45) is 0 Å². The van der Waals surface area contributed by atoms with Crippen LogP contribution in [-0.4, -0.2) is 24.3 Å². The first-order valence-electron chi connectivity index (χ1n) is 12.8. The van der Waals surface area contributed by atoms with Crippen LogP contribution in [0.15, 0.2) is 140 Å². The molecule has 4 aromatic carbocycles. The number of fused-ring (bicyclic) bond motifs is 1. The molecule has 3 aromatic heterocycles. The van der Waals surface area contributed by atoms with E-state index in [4.69, 9.17) is 19.9 Å². The number of imidazole rings is 1. The van der Waals surface area contributed by atoms with Crippen LogP contribution in [0.1, 0.15) is 0 Å². The third-order valence-corrected chi connectivity index (χ3v) is 6.67. The van der Waals surface area contributed by atoms with Gasteiger partial charge in [-0.15, -0.1) is 0 Å². The summed E-state index contributed by atoms with van der Waals surface area (Å²) in [6.07, 6.45) is 2.06. The zero-order chi connectivity index (χ0) is 26.0. The summed E-state index contributed by atoms with van der Waals surface area (Å²) in [7, 11) is 0. The van der Waals surface area contributed by atoms with E-state index >= 15 is 0 Å². The molecule has 0 bridgehead atoms. The van der Waals surface area contributed by atoms with Gasteiger partial charge in [0, 0.05) is 34.0 Å². The van der Waals surface area contributed by atoms with Gasteiger partial charge in [-0.05, 0) is 18.2 Å². The maximum absolute atomic E-state index is 5.03. The van der Waals surface area contributed by atoms with E-state index in [9.17, 15) is 0 Å². The Morgan fingerprint density at radius 1 is 0.385 bits per heavy atom. The monoisotopic (exact) mass is 501 g/mol. The van der Waals surface area contributed by atoms with E-state index < -0.39 is 0 Å². The van der Waals surface area contributed by atoms with E-state index in [0.717, 1.165) is 44.9 Å².